The quantitative estimate of drug-likeness (QED) is 0.790. The van der Waals surface area contributed by atoms with Crippen molar-refractivity contribution in [3.63, 3.8) is 0 Å². The fourth-order valence-electron chi connectivity index (χ4n) is 1.97. The third-order valence-corrected chi connectivity index (χ3v) is 3.59. The van der Waals surface area contributed by atoms with Crippen molar-refractivity contribution in [1.82, 2.24) is 5.32 Å². The lowest BCUT2D eigenvalue weighted by molar-refractivity contribution is -0.126. The zero-order chi connectivity index (χ0) is 14.3. The topological polar surface area (TPSA) is 64.4 Å². The van der Waals surface area contributed by atoms with Crippen molar-refractivity contribution in [2.24, 2.45) is 5.73 Å². The summed E-state index contributed by atoms with van der Waals surface area (Å²) in [6.07, 6.45) is 2.02. The minimum absolute atomic E-state index is 0.0765. The summed E-state index contributed by atoms with van der Waals surface area (Å²) in [6, 6.07) is 7.81. The molecule has 1 aromatic carbocycles. The molecule has 0 aliphatic carbocycles. The Labute approximate surface area is 115 Å². The number of nitrogens with two attached hydrogens (primary N) is 1. The van der Waals surface area contributed by atoms with E-state index >= 15 is 0 Å². The van der Waals surface area contributed by atoms with Gasteiger partial charge in [-0.3, -0.25) is 4.79 Å². The standard InChI is InChI=1S/C15H24N2O2/c1-4-15(16,5-2)14(18)17-11-10-12-8-6-7-9-13(12)19-3/h6-9H,4-5,10-11,16H2,1-3H3,(H,17,18). The number of hydrogen-bond donors (Lipinski definition) is 2. The minimum Gasteiger partial charge on any atom is -0.496 e. The average molecular weight is 264 g/mol. The predicted octanol–water partition coefficient (Wildman–Crippen LogP) is 1.87. The van der Waals surface area contributed by atoms with Gasteiger partial charge in [-0.05, 0) is 30.9 Å². The lowest BCUT2D eigenvalue weighted by Crippen LogP contribution is -2.53. The fraction of sp³-hybridized carbons (Fsp3) is 0.533. The Kier molecular flexibility index (Phi) is 5.83. The number of nitrogens with one attached hydrogen (secondary N) is 1. The van der Waals surface area contributed by atoms with E-state index in [1.165, 1.54) is 0 Å². The maximum atomic E-state index is 12.0. The fourth-order valence-corrected chi connectivity index (χ4v) is 1.97. The van der Waals surface area contributed by atoms with Crippen LogP contribution in [0.5, 0.6) is 5.75 Å². The molecule has 4 heteroatoms. The molecule has 0 aliphatic rings. The maximum absolute atomic E-state index is 12.0. The van der Waals surface area contributed by atoms with Gasteiger partial charge in [-0.1, -0.05) is 32.0 Å². The molecule has 1 aromatic rings. The average Bonchev–Trinajstić information content (AvgIpc) is 2.46. The highest BCUT2D eigenvalue weighted by molar-refractivity contribution is 5.85. The van der Waals surface area contributed by atoms with E-state index < -0.39 is 5.54 Å². The first-order chi connectivity index (χ1) is 9.07. The van der Waals surface area contributed by atoms with Gasteiger partial charge in [0.05, 0.1) is 12.6 Å². The van der Waals surface area contributed by atoms with E-state index in [9.17, 15) is 4.79 Å². The number of carbonyl (C=O) groups is 1. The third kappa shape index (κ3) is 3.96. The predicted molar refractivity (Wildman–Crippen MR) is 77.2 cm³/mol. The normalized spacial score (nSPS) is 11.2. The molecule has 0 saturated heterocycles. The highest BCUT2D eigenvalue weighted by Crippen LogP contribution is 2.17. The van der Waals surface area contributed by atoms with Crippen LogP contribution in [0.3, 0.4) is 0 Å². The highest BCUT2D eigenvalue weighted by atomic mass is 16.5. The second kappa shape index (κ2) is 7.14. The number of methoxy groups -OCH3 is 1. The summed E-state index contributed by atoms with van der Waals surface area (Å²) in [4.78, 5) is 12.0. The number of amides is 1. The number of hydrogen-bond acceptors (Lipinski definition) is 3. The molecular weight excluding hydrogens is 240 g/mol. The van der Waals surface area contributed by atoms with Gasteiger partial charge in [-0.15, -0.1) is 0 Å². The molecular formula is C15H24N2O2. The van der Waals surface area contributed by atoms with Crippen LogP contribution < -0.4 is 15.8 Å². The second-order valence-corrected chi connectivity index (χ2v) is 4.68. The first kappa shape index (κ1) is 15.5. The molecule has 0 aliphatic heterocycles. The van der Waals surface area contributed by atoms with Gasteiger partial charge in [0.15, 0.2) is 0 Å². The van der Waals surface area contributed by atoms with Crippen molar-refractivity contribution in [3.05, 3.63) is 29.8 Å². The van der Waals surface area contributed by atoms with Crippen LogP contribution in [-0.4, -0.2) is 25.1 Å². The Morgan fingerprint density at radius 3 is 2.53 bits per heavy atom. The van der Waals surface area contributed by atoms with Gasteiger partial charge in [-0.25, -0.2) is 0 Å². The lowest BCUT2D eigenvalue weighted by Gasteiger charge is -2.25. The van der Waals surface area contributed by atoms with Crippen molar-refractivity contribution in [2.75, 3.05) is 13.7 Å². The summed E-state index contributed by atoms with van der Waals surface area (Å²) in [5.74, 6) is 0.772. The molecule has 4 nitrogen and oxygen atoms in total. The molecule has 0 heterocycles. The molecule has 1 rings (SSSR count). The van der Waals surface area contributed by atoms with Gasteiger partial charge in [0.1, 0.15) is 5.75 Å². The SMILES string of the molecule is CCC(N)(CC)C(=O)NCCc1ccccc1OC. The van der Waals surface area contributed by atoms with Crippen LogP contribution in [0, 0.1) is 0 Å². The van der Waals surface area contributed by atoms with E-state index in [0.717, 1.165) is 17.7 Å². The summed E-state index contributed by atoms with van der Waals surface area (Å²) in [5.41, 5.74) is 6.37. The number of rotatable bonds is 7. The molecule has 0 radical (unpaired) electrons. The summed E-state index contributed by atoms with van der Waals surface area (Å²) < 4.78 is 5.28. The summed E-state index contributed by atoms with van der Waals surface area (Å²) in [5, 5.41) is 2.91. The first-order valence-electron chi connectivity index (χ1n) is 6.76. The number of carbonyl (C=O) groups excluding carboxylic acids is 1. The largest absolute Gasteiger partial charge is 0.496 e. The molecule has 0 fully saturated rings. The van der Waals surface area contributed by atoms with E-state index in [1.807, 2.05) is 38.1 Å². The number of benzene rings is 1. The van der Waals surface area contributed by atoms with Crippen LogP contribution in [0.4, 0.5) is 0 Å². The smallest absolute Gasteiger partial charge is 0.240 e. The van der Waals surface area contributed by atoms with E-state index in [1.54, 1.807) is 7.11 Å². The first-order valence-corrected chi connectivity index (χ1v) is 6.76. The van der Waals surface area contributed by atoms with Crippen LogP contribution in [-0.2, 0) is 11.2 Å². The van der Waals surface area contributed by atoms with Gasteiger partial charge in [0.2, 0.25) is 5.91 Å². The van der Waals surface area contributed by atoms with E-state index in [2.05, 4.69) is 5.32 Å². The van der Waals surface area contributed by atoms with Crippen LogP contribution in [0.1, 0.15) is 32.3 Å². The van der Waals surface area contributed by atoms with Crippen LogP contribution in [0.25, 0.3) is 0 Å². The monoisotopic (exact) mass is 264 g/mol. The zero-order valence-corrected chi connectivity index (χ0v) is 12.0. The highest BCUT2D eigenvalue weighted by Gasteiger charge is 2.29. The summed E-state index contributed by atoms with van der Waals surface area (Å²) in [7, 11) is 1.65. The van der Waals surface area contributed by atoms with Crippen molar-refractivity contribution >= 4 is 5.91 Å². The molecule has 0 atom stereocenters. The van der Waals surface area contributed by atoms with E-state index in [-0.39, 0.29) is 5.91 Å². The van der Waals surface area contributed by atoms with E-state index in [0.29, 0.717) is 19.4 Å². The summed E-state index contributed by atoms with van der Waals surface area (Å²) in [6.45, 7) is 4.44. The van der Waals surface area contributed by atoms with Crippen LogP contribution >= 0.6 is 0 Å². The molecule has 1 amide bonds. The molecule has 19 heavy (non-hydrogen) atoms. The molecule has 0 spiro atoms. The Balaban J connectivity index is 2.52. The molecule has 0 aromatic heterocycles. The van der Waals surface area contributed by atoms with Crippen molar-refractivity contribution in [1.29, 1.82) is 0 Å². The Hall–Kier alpha value is -1.55. The minimum atomic E-state index is -0.749. The van der Waals surface area contributed by atoms with Crippen molar-refractivity contribution in [3.8, 4) is 5.75 Å². The molecule has 3 N–H and O–H groups in total. The molecule has 0 bridgehead atoms. The van der Waals surface area contributed by atoms with Crippen molar-refractivity contribution in [2.45, 2.75) is 38.6 Å². The second-order valence-electron chi connectivity index (χ2n) is 4.68. The zero-order valence-electron chi connectivity index (χ0n) is 12.0. The Morgan fingerprint density at radius 2 is 1.95 bits per heavy atom. The molecule has 0 unspecified atom stereocenters. The van der Waals surface area contributed by atoms with Gasteiger partial charge in [0, 0.05) is 6.54 Å². The molecule has 0 saturated carbocycles. The van der Waals surface area contributed by atoms with Gasteiger partial charge in [-0.2, -0.15) is 0 Å². The van der Waals surface area contributed by atoms with E-state index in [4.69, 9.17) is 10.5 Å². The summed E-state index contributed by atoms with van der Waals surface area (Å²) >= 11 is 0. The van der Waals surface area contributed by atoms with Gasteiger partial charge >= 0.3 is 0 Å². The number of ether oxygens (including phenoxy) is 1. The van der Waals surface area contributed by atoms with Gasteiger partial charge < -0.3 is 15.8 Å². The van der Waals surface area contributed by atoms with Crippen molar-refractivity contribution < 1.29 is 9.53 Å². The Morgan fingerprint density at radius 1 is 1.32 bits per heavy atom. The Bertz CT molecular complexity index is 414. The van der Waals surface area contributed by atoms with Crippen LogP contribution in [0.15, 0.2) is 24.3 Å². The third-order valence-electron chi connectivity index (χ3n) is 3.59. The van der Waals surface area contributed by atoms with Crippen LogP contribution in [0.2, 0.25) is 0 Å². The van der Waals surface area contributed by atoms with Gasteiger partial charge in [0.25, 0.3) is 0 Å². The maximum Gasteiger partial charge on any atom is 0.240 e. The number of para-hydroxylation sites is 1. The lowest BCUT2D eigenvalue weighted by atomic mass is 9.93. The molecule has 106 valence electrons.